The first-order chi connectivity index (χ1) is 9.37. The molecule has 20 heavy (non-hydrogen) atoms. The zero-order valence-corrected chi connectivity index (χ0v) is 12.6. The van der Waals surface area contributed by atoms with Crippen molar-refractivity contribution in [3.63, 3.8) is 0 Å². The molecule has 1 N–H and O–H groups in total. The molecule has 0 spiro atoms. The van der Waals surface area contributed by atoms with Crippen molar-refractivity contribution in [2.45, 2.75) is 51.7 Å². The molecule has 1 atom stereocenters. The van der Waals surface area contributed by atoms with Gasteiger partial charge < -0.3 is 19.9 Å². The lowest BCUT2D eigenvalue weighted by Gasteiger charge is -2.41. The highest BCUT2D eigenvalue weighted by molar-refractivity contribution is 5.75. The van der Waals surface area contributed by atoms with Gasteiger partial charge in [-0.3, -0.25) is 0 Å². The van der Waals surface area contributed by atoms with Crippen molar-refractivity contribution >= 4 is 12.1 Å². The number of urea groups is 1. The molecule has 6 nitrogen and oxygen atoms in total. The highest BCUT2D eigenvalue weighted by Gasteiger charge is 2.33. The number of rotatable bonds is 1. The van der Waals surface area contributed by atoms with Crippen molar-refractivity contribution in [2.24, 2.45) is 0 Å². The molecule has 2 aliphatic rings. The van der Waals surface area contributed by atoms with E-state index in [1.54, 1.807) is 4.90 Å². The smallest absolute Gasteiger partial charge is 0.410 e. The summed E-state index contributed by atoms with van der Waals surface area (Å²) in [7, 11) is 0. The van der Waals surface area contributed by atoms with Gasteiger partial charge in [-0.05, 0) is 40.0 Å². The molecule has 0 aromatic carbocycles. The van der Waals surface area contributed by atoms with Crippen LogP contribution in [0.4, 0.5) is 9.59 Å². The Labute approximate surface area is 120 Å². The van der Waals surface area contributed by atoms with Crippen molar-refractivity contribution in [1.29, 1.82) is 0 Å². The summed E-state index contributed by atoms with van der Waals surface area (Å²) < 4.78 is 5.41. The number of amides is 3. The van der Waals surface area contributed by atoms with Crippen molar-refractivity contribution in [3.8, 4) is 0 Å². The second-order valence-corrected chi connectivity index (χ2v) is 6.50. The van der Waals surface area contributed by atoms with Crippen molar-refractivity contribution in [2.75, 3.05) is 26.2 Å². The van der Waals surface area contributed by atoms with Crippen LogP contribution < -0.4 is 5.32 Å². The Bertz CT molecular complexity index is 378. The third-order valence-corrected chi connectivity index (χ3v) is 3.60. The highest BCUT2D eigenvalue weighted by Crippen LogP contribution is 2.20. The number of hydrogen-bond acceptors (Lipinski definition) is 3. The van der Waals surface area contributed by atoms with E-state index in [2.05, 4.69) is 5.32 Å². The monoisotopic (exact) mass is 283 g/mol. The molecule has 114 valence electrons. The highest BCUT2D eigenvalue weighted by atomic mass is 16.6. The van der Waals surface area contributed by atoms with E-state index >= 15 is 0 Å². The number of nitrogens with one attached hydrogen (secondary N) is 1. The van der Waals surface area contributed by atoms with Crippen molar-refractivity contribution in [3.05, 3.63) is 0 Å². The van der Waals surface area contributed by atoms with Crippen LogP contribution in [-0.2, 0) is 4.74 Å². The normalized spacial score (nSPS) is 24.4. The second-order valence-electron chi connectivity index (χ2n) is 6.50. The quantitative estimate of drug-likeness (QED) is 0.798. The predicted molar refractivity (Wildman–Crippen MR) is 75.6 cm³/mol. The molecule has 0 unspecified atom stereocenters. The van der Waals surface area contributed by atoms with Crippen LogP contribution in [0.5, 0.6) is 0 Å². The standard InChI is InChI=1S/C14H25N3O3/c1-14(2,3)20-13(19)16-8-4-6-11(10-16)17-9-5-7-15-12(17)18/h11H,4-10H2,1-3H3,(H,15,18)/t11-/m1/s1. The molecule has 0 aliphatic carbocycles. The van der Waals surface area contributed by atoms with Crippen LogP contribution in [0.3, 0.4) is 0 Å². The zero-order valence-electron chi connectivity index (χ0n) is 12.6. The molecule has 2 heterocycles. The van der Waals surface area contributed by atoms with Crippen LogP contribution in [0.25, 0.3) is 0 Å². The lowest BCUT2D eigenvalue weighted by molar-refractivity contribution is 0.0126. The fraction of sp³-hybridized carbons (Fsp3) is 0.857. The summed E-state index contributed by atoms with van der Waals surface area (Å²) in [6, 6.07) is 0.101. The Morgan fingerprint density at radius 3 is 2.70 bits per heavy atom. The minimum absolute atomic E-state index is 0.00714. The lowest BCUT2D eigenvalue weighted by atomic mass is 10.0. The number of carbonyl (C=O) groups excluding carboxylic acids is 2. The van der Waals surface area contributed by atoms with Crippen LogP contribution in [0.1, 0.15) is 40.0 Å². The van der Waals surface area contributed by atoms with E-state index in [0.29, 0.717) is 13.1 Å². The Balaban J connectivity index is 1.94. The van der Waals surface area contributed by atoms with Crippen LogP contribution >= 0.6 is 0 Å². The topological polar surface area (TPSA) is 61.9 Å². The van der Waals surface area contributed by atoms with E-state index in [1.165, 1.54) is 0 Å². The molecule has 0 radical (unpaired) electrons. The summed E-state index contributed by atoms with van der Waals surface area (Å²) in [6.45, 7) is 8.40. The first-order valence-electron chi connectivity index (χ1n) is 7.39. The molecule has 6 heteroatoms. The molecule has 2 fully saturated rings. The number of likely N-dealkylation sites (tertiary alicyclic amines) is 1. The average Bonchev–Trinajstić information content (AvgIpc) is 2.37. The first-order valence-corrected chi connectivity index (χ1v) is 7.39. The SMILES string of the molecule is CC(C)(C)OC(=O)N1CCC[C@@H](N2CCCNC2=O)C1. The zero-order chi connectivity index (χ0) is 14.8. The van der Waals surface area contributed by atoms with Gasteiger partial charge in [0.2, 0.25) is 0 Å². The summed E-state index contributed by atoms with van der Waals surface area (Å²) in [6.07, 6.45) is 2.55. The molecule has 2 saturated heterocycles. The molecular formula is C14H25N3O3. The Hall–Kier alpha value is -1.46. The summed E-state index contributed by atoms with van der Waals surface area (Å²) in [4.78, 5) is 27.6. The van der Waals surface area contributed by atoms with E-state index in [0.717, 1.165) is 32.4 Å². The number of ether oxygens (including phenoxy) is 1. The number of hydrogen-bond donors (Lipinski definition) is 1. The van der Waals surface area contributed by atoms with Gasteiger partial charge in [0.05, 0.1) is 6.04 Å². The summed E-state index contributed by atoms with van der Waals surface area (Å²) in [5.41, 5.74) is -0.480. The fourth-order valence-corrected chi connectivity index (χ4v) is 2.70. The van der Waals surface area contributed by atoms with Gasteiger partial charge >= 0.3 is 12.1 Å². The fourth-order valence-electron chi connectivity index (χ4n) is 2.70. The molecule has 0 saturated carbocycles. The van der Waals surface area contributed by atoms with Gasteiger partial charge in [-0.2, -0.15) is 0 Å². The van der Waals surface area contributed by atoms with Gasteiger partial charge in [-0.15, -0.1) is 0 Å². The maximum atomic E-state index is 12.1. The predicted octanol–water partition coefficient (Wildman–Crippen LogP) is 1.80. The average molecular weight is 283 g/mol. The van der Waals surface area contributed by atoms with E-state index < -0.39 is 5.60 Å². The number of carbonyl (C=O) groups is 2. The minimum atomic E-state index is -0.480. The first kappa shape index (κ1) is 14.9. The summed E-state index contributed by atoms with van der Waals surface area (Å²) in [5.74, 6) is 0. The maximum Gasteiger partial charge on any atom is 0.410 e. The molecule has 2 aliphatic heterocycles. The van der Waals surface area contributed by atoms with Gasteiger partial charge in [-0.25, -0.2) is 9.59 Å². The van der Waals surface area contributed by atoms with Gasteiger partial charge in [0.25, 0.3) is 0 Å². The van der Waals surface area contributed by atoms with Gasteiger partial charge in [0, 0.05) is 26.2 Å². The minimum Gasteiger partial charge on any atom is -0.444 e. The largest absolute Gasteiger partial charge is 0.444 e. The number of nitrogens with zero attached hydrogens (tertiary/aromatic N) is 2. The van der Waals surface area contributed by atoms with Gasteiger partial charge in [0.1, 0.15) is 5.60 Å². The molecule has 3 amide bonds. The second kappa shape index (κ2) is 5.89. The van der Waals surface area contributed by atoms with Crippen LogP contribution in [0.2, 0.25) is 0 Å². The van der Waals surface area contributed by atoms with E-state index in [1.807, 2.05) is 25.7 Å². The number of piperidine rings is 1. The van der Waals surface area contributed by atoms with Crippen LogP contribution in [-0.4, -0.2) is 59.7 Å². The third kappa shape index (κ3) is 3.77. The van der Waals surface area contributed by atoms with Crippen molar-refractivity contribution in [1.82, 2.24) is 15.1 Å². The summed E-state index contributed by atoms with van der Waals surface area (Å²) >= 11 is 0. The van der Waals surface area contributed by atoms with Gasteiger partial charge in [-0.1, -0.05) is 0 Å². The molecular weight excluding hydrogens is 258 g/mol. The van der Waals surface area contributed by atoms with Crippen LogP contribution in [0.15, 0.2) is 0 Å². The van der Waals surface area contributed by atoms with Crippen LogP contribution in [0, 0.1) is 0 Å². The Kier molecular flexibility index (Phi) is 4.40. The van der Waals surface area contributed by atoms with Crippen molar-refractivity contribution < 1.29 is 14.3 Å². The third-order valence-electron chi connectivity index (χ3n) is 3.60. The van der Waals surface area contributed by atoms with E-state index in [9.17, 15) is 9.59 Å². The lowest BCUT2D eigenvalue weighted by Crippen LogP contribution is -2.57. The Morgan fingerprint density at radius 2 is 2.05 bits per heavy atom. The summed E-state index contributed by atoms with van der Waals surface area (Å²) in [5, 5.41) is 2.86. The molecule has 0 bridgehead atoms. The Morgan fingerprint density at radius 1 is 1.30 bits per heavy atom. The van der Waals surface area contributed by atoms with E-state index in [-0.39, 0.29) is 18.2 Å². The van der Waals surface area contributed by atoms with Gasteiger partial charge in [0.15, 0.2) is 0 Å². The van der Waals surface area contributed by atoms with E-state index in [4.69, 9.17) is 4.74 Å². The molecule has 0 aromatic heterocycles. The molecule has 0 aromatic rings. The maximum absolute atomic E-state index is 12.1. The molecule has 2 rings (SSSR count).